The Morgan fingerprint density at radius 3 is 2.88 bits per heavy atom. The van der Waals surface area contributed by atoms with E-state index >= 15 is 0 Å². The zero-order chi connectivity index (χ0) is 11.5. The highest BCUT2D eigenvalue weighted by Gasteiger charge is 2.07. The highest BCUT2D eigenvalue weighted by Crippen LogP contribution is 2.20. The lowest BCUT2D eigenvalue weighted by atomic mass is 10.2. The molecule has 0 saturated heterocycles. The number of nitrogens with zero attached hydrogens (tertiary/aromatic N) is 1. The van der Waals surface area contributed by atoms with E-state index in [1.165, 1.54) is 0 Å². The van der Waals surface area contributed by atoms with E-state index in [0.29, 0.717) is 17.0 Å². The molecular formula is C12H12FNO2. The van der Waals surface area contributed by atoms with Gasteiger partial charge in [0.1, 0.15) is 18.1 Å². The molecule has 0 radical (unpaired) electrons. The molecule has 0 aliphatic heterocycles. The number of hydrogen-bond donors (Lipinski definition) is 0. The Hall–Kier alpha value is -1.84. The molecule has 1 aromatic heterocycles. The van der Waals surface area contributed by atoms with Crippen molar-refractivity contribution in [2.75, 3.05) is 0 Å². The molecule has 0 spiro atoms. The minimum atomic E-state index is -0.331. The monoisotopic (exact) mass is 221 g/mol. The van der Waals surface area contributed by atoms with Crippen molar-refractivity contribution in [1.29, 1.82) is 0 Å². The van der Waals surface area contributed by atoms with Crippen LogP contribution in [-0.4, -0.2) is 5.16 Å². The molecule has 0 amide bonds. The van der Waals surface area contributed by atoms with Gasteiger partial charge in [-0.1, -0.05) is 17.3 Å². The molecule has 0 aliphatic rings. The molecular weight excluding hydrogens is 209 g/mol. The van der Waals surface area contributed by atoms with E-state index in [0.717, 1.165) is 0 Å². The largest absolute Gasteiger partial charge is 0.484 e. The van der Waals surface area contributed by atoms with Crippen LogP contribution in [0.2, 0.25) is 0 Å². The smallest absolute Gasteiger partial charge is 0.167 e. The fraction of sp³-hybridized carbons (Fsp3) is 0.250. The second-order valence-electron chi connectivity index (χ2n) is 3.60. The van der Waals surface area contributed by atoms with Gasteiger partial charge in [-0.2, -0.15) is 0 Å². The molecule has 0 saturated carbocycles. The van der Waals surface area contributed by atoms with Crippen LogP contribution in [0.25, 0.3) is 0 Å². The molecule has 2 aromatic rings. The number of aryl methyl sites for hydroxylation is 2. The van der Waals surface area contributed by atoms with E-state index in [2.05, 4.69) is 5.16 Å². The molecule has 4 heteroatoms. The molecule has 1 heterocycles. The normalized spacial score (nSPS) is 10.4. The van der Waals surface area contributed by atoms with Crippen LogP contribution in [0.3, 0.4) is 0 Å². The minimum Gasteiger partial charge on any atom is -0.484 e. The van der Waals surface area contributed by atoms with Crippen molar-refractivity contribution in [1.82, 2.24) is 5.16 Å². The Labute approximate surface area is 92.8 Å². The van der Waals surface area contributed by atoms with E-state index in [-0.39, 0.29) is 18.2 Å². The minimum absolute atomic E-state index is 0.206. The quantitative estimate of drug-likeness (QED) is 0.799. The molecule has 84 valence electrons. The van der Waals surface area contributed by atoms with Crippen LogP contribution in [-0.2, 0) is 6.61 Å². The average Bonchev–Trinajstić information content (AvgIpc) is 2.67. The van der Waals surface area contributed by atoms with Crippen molar-refractivity contribution in [2.45, 2.75) is 20.5 Å². The van der Waals surface area contributed by atoms with Crippen LogP contribution in [0.1, 0.15) is 17.0 Å². The predicted molar refractivity (Wildman–Crippen MR) is 56.7 cm³/mol. The third kappa shape index (κ3) is 2.21. The number of rotatable bonds is 3. The summed E-state index contributed by atoms with van der Waals surface area (Å²) >= 11 is 0. The summed E-state index contributed by atoms with van der Waals surface area (Å²) in [5.74, 6) is 0.617. The Morgan fingerprint density at radius 1 is 1.38 bits per heavy atom. The van der Waals surface area contributed by atoms with E-state index < -0.39 is 0 Å². The molecule has 0 unspecified atom stereocenters. The summed E-state index contributed by atoms with van der Waals surface area (Å²) in [6, 6.07) is 6.80. The van der Waals surface area contributed by atoms with E-state index in [4.69, 9.17) is 9.26 Å². The zero-order valence-electron chi connectivity index (χ0n) is 9.16. The van der Waals surface area contributed by atoms with Gasteiger partial charge in [-0.25, -0.2) is 4.39 Å². The van der Waals surface area contributed by atoms with Crippen LogP contribution in [0.5, 0.6) is 5.75 Å². The molecule has 0 atom stereocenters. The first kappa shape index (κ1) is 10.7. The standard InChI is InChI=1S/C12H12FNO2/c1-8-4-3-5-11(12(8)13)15-7-10-6-9(2)16-14-10/h3-6H,7H2,1-2H3. The van der Waals surface area contributed by atoms with Crippen molar-refractivity contribution < 1.29 is 13.7 Å². The Morgan fingerprint density at radius 2 is 2.19 bits per heavy atom. The maximum Gasteiger partial charge on any atom is 0.167 e. The highest BCUT2D eigenvalue weighted by molar-refractivity contribution is 5.30. The van der Waals surface area contributed by atoms with Gasteiger partial charge in [0.25, 0.3) is 0 Å². The first-order valence-electron chi connectivity index (χ1n) is 4.97. The molecule has 1 aromatic carbocycles. The van der Waals surface area contributed by atoms with Gasteiger partial charge in [0, 0.05) is 6.07 Å². The third-order valence-corrected chi connectivity index (χ3v) is 2.21. The number of benzene rings is 1. The Balaban J connectivity index is 2.07. The van der Waals surface area contributed by atoms with Gasteiger partial charge >= 0.3 is 0 Å². The molecule has 3 nitrogen and oxygen atoms in total. The number of halogens is 1. The third-order valence-electron chi connectivity index (χ3n) is 2.21. The summed E-state index contributed by atoms with van der Waals surface area (Å²) in [5.41, 5.74) is 1.22. The first-order chi connectivity index (χ1) is 7.66. The number of aromatic nitrogens is 1. The van der Waals surface area contributed by atoms with Gasteiger partial charge in [-0.05, 0) is 25.5 Å². The molecule has 2 rings (SSSR count). The highest BCUT2D eigenvalue weighted by atomic mass is 19.1. The van der Waals surface area contributed by atoms with Gasteiger partial charge in [-0.15, -0.1) is 0 Å². The van der Waals surface area contributed by atoms with Crippen molar-refractivity contribution >= 4 is 0 Å². The van der Waals surface area contributed by atoms with Crippen molar-refractivity contribution in [2.24, 2.45) is 0 Å². The first-order valence-corrected chi connectivity index (χ1v) is 4.97. The number of hydrogen-bond acceptors (Lipinski definition) is 3. The van der Waals surface area contributed by atoms with E-state index in [1.54, 1.807) is 38.1 Å². The summed E-state index contributed by atoms with van der Waals surface area (Å²) in [5, 5.41) is 3.76. The lowest BCUT2D eigenvalue weighted by Crippen LogP contribution is -1.98. The van der Waals surface area contributed by atoms with Gasteiger partial charge in [0.15, 0.2) is 11.6 Å². The van der Waals surface area contributed by atoms with Gasteiger partial charge in [-0.3, -0.25) is 0 Å². The average molecular weight is 221 g/mol. The van der Waals surface area contributed by atoms with Crippen molar-refractivity contribution in [3.63, 3.8) is 0 Å². The molecule has 0 bridgehead atoms. The SMILES string of the molecule is Cc1cc(COc2cccc(C)c2F)no1. The van der Waals surface area contributed by atoms with Crippen molar-refractivity contribution in [3.05, 3.63) is 47.1 Å². The number of ether oxygens (including phenoxy) is 1. The van der Waals surface area contributed by atoms with Crippen LogP contribution in [0.15, 0.2) is 28.8 Å². The topological polar surface area (TPSA) is 35.3 Å². The maximum absolute atomic E-state index is 13.5. The van der Waals surface area contributed by atoms with Crippen LogP contribution in [0.4, 0.5) is 4.39 Å². The molecule has 16 heavy (non-hydrogen) atoms. The fourth-order valence-corrected chi connectivity index (χ4v) is 1.37. The van der Waals surface area contributed by atoms with Gasteiger partial charge in [0.05, 0.1) is 0 Å². The van der Waals surface area contributed by atoms with Gasteiger partial charge < -0.3 is 9.26 Å². The lowest BCUT2D eigenvalue weighted by Gasteiger charge is -2.06. The summed E-state index contributed by atoms with van der Waals surface area (Å²) in [4.78, 5) is 0. The second kappa shape index (κ2) is 4.35. The second-order valence-corrected chi connectivity index (χ2v) is 3.60. The summed E-state index contributed by atoms with van der Waals surface area (Å²) in [7, 11) is 0. The van der Waals surface area contributed by atoms with Crippen LogP contribution >= 0.6 is 0 Å². The summed E-state index contributed by atoms with van der Waals surface area (Å²) in [6.07, 6.45) is 0. The van der Waals surface area contributed by atoms with Crippen LogP contribution in [0, 0.1) is 19.7 Å². The Kier molecular flexibility index (Phi) is 2.90. The summed E-state index contributed by atoms with van der Waals surface area (Å²) in [6.45, 7) is 3.70. The predicted octanol–water partition coefficient (Wildman–Crippen LogP) is 3.01. The fourth-order valence-electron chi connectivity index (χ4n) is 1.37. The Bertz CT molecular complexity index is 494. The lowest BCUT2D eigenvalue weighted by molar-refractivity contribution is 0.274. The zero-order valence-corrected chi connectivity index (χ0v) is 9.16. The maximum atomic E-state index is 13.5. The molecule has 0 N–H and O–H groups in total. The molecule has 0 aliphatic carbocycles. The molecule has 0 fully saturated rings. The summed E-state index contributed by atoms with van der Waals surface area (Å²) < 4.78 is 23.7. The van der Waals surface area contributed by atoms with E-state index in [1.807, 2.05) is 0 Å². The van der Waals surface area contributed by atoms with Crippen molar-refractivity contribution in [3.8, 4) is 5.75 Å². The van der Waals surface area contributed by atoms with E-state index in [9.17, 15) is 4.39 Å². The van der Waals surface area contributed by atoms with Gasteiger partial charge in [0.2, 0.25) is 0 Å². The van der Waals surface area contributed by atoms with Crippen LogP contribution < -0.4 is 4.74 Å².